The van der Waals surface area contributed by atoms with Crippen LogP contribution in [0.25, 0.3) is 11.3 Å². The summed E-state index contributed by atoms with van der Waals surface area (Å²) in [5.74, 6) is -0.674. The van der Waals surface area contributed by atoms with E-state index in [-0.39, 0.29) is 20.8 Å². The third-order valence-corrected chi connectivity index (χ3v) is 6.03. The van der Waals surface area contributed by atoms with Crippen molar-refractivity contribution in [3.8, 4) is 11.3 Å². The van der Waals surface area contributed by atoms with Gasteiger partial charge in [-0.05, 0) is 43.3 Å². The van der Waals surface area contributed by atoms with Gasteiger partial charge in [-0.25, -0.2) is 8.42 Å². The maximum absolute atomic E-state index is 12.9. The molecule has 2 aromatic heterocycles. The Morgan fingerprint density at radius 2 is 1.88 bits per heavy atom. The van der Waals surface area contributed by atoms with Crippen molar-refractivity contribution in [2.75, 3.05) is 6.26 Å². The van der Waals surface area contributed by atoms with Crippen LogP contribution in [0.15, 0.2) is 59.8 Å². The van der Waals surface area contributed by atoms with Gasteiger partial charge in [0.05, 0.1) is 21.7 Å². The van der Waals surface area contributed by atoms with Gasteiger partial charge >= 0.3 is 11.9 Å². The molecule has 0 radical (unpaired) electrons. The number of amides is 1. The SMILES string of the molecule is C[C@@H](NC(=O)c1cc(-c2ccc(Cl)cn2)cc(S(C)(=O)=O)c1)c1ccc(C(F)(F)F)[n+](O)c1. The van der Waals surface area contributed by atoms with Gasteiger partial charge < -0.3 is 5.32 Å². The molecule has 1 aromatic carbocycles. The normalized spacial score (nSPS) is 12.9. The third-order valence-electron chi connectivity index (χ3n) is 4.71. The molecule has 3 rings (SSSR count). The van der Waals surface area contributed by atoms with Gasteiger partial charge in [0.1, 0.15) is 0 Å². The Hall–Kier alpha value is -3.18. The Morgan fingerprint density at radius 1 is 1.18 bits per heavy atom. The summed E-state index contributed by atoms with van der Waals surface area (Å²) < 4.78 is 62.7. The van der Waals surface area contributed by atoms with Gasteiger partial charge in [-0.15, -0.1) is 0 Å². The number of hydrogen-bond donors (Lipinski definition) is 2. The maximum atomic E-state index is 12.9. The predicted octanol–water partition coefficient (Wildman–Crippen LogP) is 3.84. The van der Waals surface area contributed by atoms with Gasteiger partial charge in [-0.2, -0.15) is 13.2 Å². The summed E-state index contributed by atoms with van der Waals surface area (Å²) in [6, 6.07) is 8.13. The van der Waals surface area contributed by atoms with Crippen molar-refractivity contribution < 1.29 is 36.3 Å². The van der Waals surface area contributed by atoms with Crippen LogP contribution in [0.3, 0.4) is 0 Å². The molecule has 1 amide bonds. The Labute approximate surface area is 192 Å². The molecule has 0 fully saturated rings. The molecule has 0 aliphatic rings. The highest BCUT2D eigenvalue weighted by Gasteiger charge is 2.42. The first-order valence-electron chi connectivity index (χ1n) is 9.35. The van der Waals surface area contributed by atoms with Gasteiger partial charge in [0.25, 0.3) is 5.91 Å². The van der Waals surface area contributed by atoms with Crippen LogP contribution < -0.4 is 10.0 Å². The monoisotopic (exact) mass is 500 g/mol. The van der Waals surface area contributed by atoms with Crippen LogP contribution >= 0.6 is 11.6 Å². The summed E-state index contributed by atoms with van der Waals surface area (Å²) in [5, 5.41) is 12.6. The molecule has 0 bridgehead atoms. The molecule has 3 aromatic rings. The number of sulfone groups is 1. The number of halogens is 4. The summed E-state index contributed by atoms with van der Waals surface area (Å²) in [5.41, 5.74) is -0.338. The van der Waals surface area contributed by atoms with Crippen molar-refractivity contribution in [2.24, 2.45) is 0 Å². The lowest BCUT2D eigenvalue weighted by Gasteiger charge is -2.15. The van der Waals surface area contributed by atoms with Crippen molar-refractivity contribution in [1.82, 2.24) is 10.3 Å². The quantitative estimate of drug-likeness (QED) is 0.409. The molecule has 33 heavy (non-hydrogen) atoms. The molecule has 0 unspecified atom stereocenters. The number of carbonyl (C=O) groups is 1. The van der Waals surface area contributed by atoms with Crippen molar-refractivity contribution >= 4 is 27.3 Å². The van der Waals surface area contributed by atoms with Crippen LogP contribution in [0, 0.1) is 0 Å². The number of alkyl halides is 3. The molecule has 2 N–H and O–H groups in total. The van der Waals surface area contributed by atoms with E-state index < -0.39 is 33.7 Å². The average molecular weight is 501 g/mol. The van der Waals surface area contributed by atoms with E-state index in [1.54, 1.807) is 12.1 Å². The Kier molecular flexibility index (Phi) is 6.66. The zero-order valence-corrected chi connectivity index (χ0v) is 18.8. The van der Waals surface area contributed by atoms with Crippen molar-refractivity contribution in [1.29, 1.82) is 0 Å². The molecule has 0 saturated heterocycles. The lowest BCUT2D eigenvalue weighted by Crippen LogP contribution is -2.40. The number of nitrogens with one attached hydrogen (secondary N) is 1. The second-order valence-electron chi connectivity index (χ2n) is 7.27. The minimum absolute atomic E-state index is 0.000289. The first-order chi connectivity index (χ1) is 15.3. The van der Waals surface area contributed by atoms with Crippen LogP contribution in [-0.2, 0) is 16.0 Å². The Balaban J connectivity index is 1.94. The summed E-state index contributed by atoms with van der Waals surface area (Å²) in [6.45, 7) is 1.50. The largest absolute Gasteiger partial charge is 0.482 e. The van der Waals surface area contributed by atoms with Crippen molar-refractivity contribution in [2.45, 2.75) is 24.0 Å². The molecule has 1 atom stereocenters. The number of hydrogen-bond acceptors (Lipinski definition) is 5. The summed E-state index contributed by atoms with van der Waals surface area (Å²) in [6.07, 6.45) is -1.55. The van der Waals surface area contributed by atoms with E-state index in [1.165, 1.54) is 31.3 Å². The highest BCUT2D eigenvalue weighted by molar-refractivity contribution is 7.90. The molecule has 0 saturated carbocycles. The molecule has 7 nitrogen and oxygen atoms in total. The minimum atomic E-state index is -4.75. The summed E-state index contributed by atoms with van der Waals surface area (Å²) in [7, 11) is -3.68. The summed E-state index contributed by atoms with van der Waals surface area (Å²) >= 11 is 5.84. The topological polar surface area (TPSA) is 100 Å². The smallest absolute Gasteiger partial charge is 0.345 e. The van der Waals surface area contributed by atoms with E-state index in [4.69, 9.17) is 11.6 Å². The molecule has 0 spiro atoms. The van der Waals surface area contributed by atoms with Crippen LogP contribution in [-0.4, -0.2) is 30.8 Å². The van der Waals surface area contributed by atoms with Gasteiger partial charge in [0, 0.05) is 39.9 Å². The van der Waals surface area contributed by atoms with Gasteiger partial charge in [-0.3, -0.25) is 15.0 Å². The lowest BCUT2D eigenvalue weighted by molar-refractivity contribution is -0.915. The van der Waals surface area contributed by atoms with E-state index >= 15 is 0 Å². The van der Waals surface area contributed by atoms with Crippen LogP contribution in [0.1, 0.15) is 34.6 Å². The summed E-state index contributed by atoms with van der Waals surface area (Å²) in [4.78, 5) is 16.9. The number of nitrogens with zero attached hydrogens (tertiary/aromatic N) is 2. The van der Waals surface area contributed by atoms with E-state index in [2.05, 4.69) is 10.3 Å². The molecular weight excluding hydrogens is 483 g/mol. The van der Waals surface area contributed by atoms with Crippen LogP contribution in [0.4, 0.5) is 13.2 Å². The predicted molar refractivity (Wildman–Crippen MR) is 112 cm³/mol. The fourth-order valence-corrected chi connectivity index (χ4v) is 3.78. The second-order valence-corrected chi connectivity index (χ2v) is 9.72. The van der Waals surface area contributed by atoms with Crippen LogP contribution in [0.5, 0.6) is 0 Å². The van der Waals surface area contributed by atoms with Gasteiger partial charge in [0.15, 0.2) is 9.84 Å². The molecule has 0 aliphatic heterocycles. The lowest BCUT2D eigenvalue weighted by atomic mass is 10.1. The van der Waals surface area contributed by atoms with Gasteiger partial charge in [-0.1, -0.05) is 11.6 Å². The van der Waals surface area contributed by atoms with Crippen molar-refractivity contribution in [3.05, 3.63) is 76.7 Å². The number of carbonyl (C=O) groups excluding carboxylic acids is 1. The molecule has 12 heteroatoms. The average Bonchev–Trinajstić information content (AvgIpc) is 2.72. The minimum Gasteiger partial charge on any atom is -0.345 e. The highest BCUT2D eigenvalue weighted by Crippen LogP contribution is 2.27. The zero-order chi connectivity index (χ0) is 24.6. The molecule has 0 aliphatic carbocycles. The first-order valence-corrected chi connectivity index (χ1v) is 11.6. The molecule has 174 valence electrons. The zero-order valence-electron chi connectivity index (χ0n) is 17.3. The number of pyridine rings is 2. The van der Waals surface area contributed by atoms with Crippen molar-refractivity contribution in [3.63, 3.8) is 0 Å². The van der Waals surface area contributed by atoms with E-state index in [9.17, 15) is 31.6 Å². The number of aromatic nitrogens is 2. The fraction of sp³-hybridized carbons (Fsp3) is 0.190. The first kappa shape index (κ1) is 24.5. The fourth-order valence-electron chi connectivity index (χ4n) is 2.99. The standard InChI is InChI=1S/C21H17ClF3N3O4S/c1-12(13-3-6-19(21(23,24)25)28(30)11-13)27-20(29)15-7-14(8-17(9-15)33(2,31)32)18-5-4-16(22)10-26-18/h3-12H,1-2H3,(H-,27,29,30)/p+1/t12-/m1/s1. The van der Waals surface area contributed by atoms with E-state index in [0.717, 1.165) is 18.5 Å². The van der Waals surface area contributed by atoms with Crippen LogP contribution in [0.2, 0.25) is 5.02 Å². The third kappa shape index (κ3) is 5.79. The second kappa shape index (κ2) is 8.99. The molecule has 2 heterocycles. The van der Waals surface area contributed by atoms with E-state index in [1.807, 2.05) is 0 Å². The van der Waals surface area contributed by atoms with Gasteiger partial charge in [0.2, 0.25) is 6.20 Å². The highest BCUT2D eigenvalue weighted by atomic mass is 35.5. The molecular formula is C21H18ClF3N3O4S+. The number of rotatable bonds is 5. The Bertz CT molecular complexity index is 1310. The van der Waals surface area contributed by atoms with E-state index in [0.29, 0.717) is 22.3 Å². The maximum Gasteiger partial charge on any atom is 0.482 e. The number of benzene rings is 1. The Morgan fingerprint density at radius 3 is 2.42 bits per heavy atom.